The van der Waals surface area contributed by atoms with Crippen LogP contribution in [0.3, 0.4) is 0 Å². The van der Waals surface area contributed by atoms with E-state index in [0.717, 1.165) is 5.88 Å². The molecule has 0 saturated heterocycles. The molecule has 0 aliphatic heterocycles. The van der Waals surface area contributed by atoms with Gasteiger partial charge in [0.1, 0.15) is 0 Å². The van der Waals surface area contributed by atoms with Gasteiger partial charge in [0, 0.05) is 57.3 Å². The summed E-state index contributed by atoms with van der Waals surface area (Å²) in [5, 5.41) is 0. The van der Waals surface area contributed by atoms with Gasteiger partial charge in [0.25, 0.3) is 0 Å². The summed E-state index contributed by atoms with van der Waals surface area (Å²) >= 11 is 5.00. The second-order valence-electron chi connectivity index (χ2n) is 0.267. The summed E-state index contributed by atoms with van der Waals surface area (Å²) in [4.78, 5) is 0. The fourth-order valence-corrected chi connectivity index (χ4v) is 0. The summed E-state index contributed by atoms with van der Waals surface area (Å²) in [5.74, 6) is 0.722. The Morgan fingerprint density at radius 3 is 1.75 bits per heavy atom. The minimum absolute atomic E-state index is 0. The van der Waals surface area contributed by atoms with Gasteiger partial charge in [-0.25, -0.2) is 0 Å². The van der Waals surface area contributed by atoms with E-state index < -0.39 is 0 Å². The number of rotatable bonds is 0. The van der Waals surface area contributed by atoms with Crippen LogP contribution in [0.5, 0.6) is 0 Å². The first kappa shape index (κ1) is 9.33. The summed E-state index contributed by atoms with van der Waals surface area (Å²) in [6, 6.07) is 0. The van der Waals surface area contributed by atoms with Crippen molar-refractivity contribution in [2.45, 2.75) is 6.92 Å². The van der Waals surface area contributed by atoms with Crippen molar-refractivity contribution >= 4 is 63.0 Å². The van der Waals surface area contributed by atoms with Gasteiger partial charge in [0.15, 0.2) is 0 Å². The summed E-state index contributed by atoms with van der Waals surface area (Å²) in [7, 11) is 0. The molecule has 1 radical (unpaired) electrons. The van der Waals surface area contributed by atoms with Crippen LogP contribution in [0.25, 0.3) is 0 Å². The molecular weight excluding hydrogens is 98.6 g/mol. The second kappa shape index (κ2) is 8.87. The van der Waals surface area contributed by atoms with E-state index in [0.29, 0.717) is 0 Å². The van der Waals surface area contributed by atoms with Crippen LogP contribution < -0.4 is 0 Å². The largest absolute Gasteiger partial charge is 0.127 e. The molecule has 0 atom stereocenters. The molecule has 0 rings (SSSR count). The molecule has 0 fully saturated rings. The molecular formula is C2H5ClK. The maximum absolute atomic E-state index is 5.00. The molecule has 0 aromatic heterocycles. The summed E-state index contributed by atoms with van der Waals surface area (Å²) < 4.78 is 0. The minimum atomic E-state index is 0. The zero-order valence-corrected chi connectivity index (χ0v) is 6.96. The van der Waals surface area contributed by atoms with E-state index in [1.165, 1.54) is 0 Å². The maximum atomic E-state index is 5.00. The fraction of sp³-hybridized carbons (Fsp3) is 1.00. The van der Waals surface area contributed by atoms with Crippen molar-refractivity contribution in [3.63, 3.8) is 0 Å². The molecule has 0 saturated carbocycles. The monoisotopic (exact) mass is 103 g/mol. The fourth-order valence-electron chi connectivity index (χ4n) is 0. The average molecular weight is 104 g/mol. The van der Waals surface area contributed by atoms with Crippen molar-refractivity contribution in [1.82, 2.24) is 0 Å². The number of hydrogen-bond donors (Lipinski definition) is 0. The Labute approximate surface area is 74.3 Å². The first-order valence-corrected chi connectivity index (χ1v) is 1.51. The van der Waals surface area contributed by atoms with E-state index in [1.807, 2.05) is 6.92 Å². The molecule has 21 valence electrons. The number of alkyl halides is 1. The first-order chi connectivity index (χ1) is 1.41. The van der Waals surface area contributed by atoms with E-state index in [1.54, 1.807) is 0 Å². The van der Waals surface area contributed by atoms with Crippen molar-refractivity contribution in [1.29, 1.82) is 0 Å². The van der Waals surface area contributed by atoms with Crippen LogP contribution in [0.2, 0.25) is 0 Å². The van der Waals surface area contributed by atoms with Crippen molar-refractivity contribution in [3.8, 4) is 0 Å². The first-order valence-electron chi connectivity index (χ1n) is 0.974. The second-order valence-corrected chi connectivity index (χ2v) is 0.802. The quantitative estimate of drug-likeness (QED) is 0.315. The predicted molar refractivity (Wildman–Crippen MR) is 22.1 cm³/mol. The Kier molecular flexibility index (Phi) is 20.7. The Morgan fingerprint density at radius 1 is 1.75 bits per heavy atom. The van der Waals surface area contributed by atoms with Crippen molar-refractivity contribution < 1.29 is 0 Å². The van der Waals surface area contributed by atoms with Crippen LogP contribution in [0.15, 0.2) is 0 Å². The van der Waals surface area contributed by atoms with Gasteiger partial charge >= 0.3 is 0 Å². The number of halogens is 1. The molecule has 0 spiro atoms. The molecule has 2 heteroatoms. The van der Waals surface area contributed by atoms with E-state index >= 15 is 0 Å². The van der Waals surface area contributed by atoms with Gasteiger partial charge in [-0.1, -0.05) is 6.92 Å². The summed E-state index contributed by atoms with van der Waals surface area (Å²) in [6.07, 6.45) is 0. The van der Waals surface area contributed by atoms with Crippen LogP contribution >= 0.6 is 11.6 Å². The third-order valence-corrected chi connectivity index (χ3v) is 0. The Morgan fingerprint density at radius 2 is 1.75 bits per heavy atom. The summed E-state index contributed by atoms with van der Waals surface area (Å²) in [5.41, 5.74) is 0. The standard InChI is InChI=1S/C2H5Cl.K/c1-2-3;/h2H2,1H3;. The van der Waals surface area contributed by atoms with E-state index in [-0.39, 0.29) is 51.4 Å². The van der Waals surface area contributed by atoms with Crippen LogP contribution in [-0.4, -0.2) is 57.3 Å². The smallest absolute Gasteiger partial charge is 0.0195 e. The molecule has 0 N–H and O–H groups in total. The third-order valence-electron chi connectivity index (χ3n) is 0. The van der Waals surface area contributed by atoms with E-state index in [2.05, 4.69) is 0 Å². The van der Waals surface area contributed by atoms with E-state index in [9.17, 15) is 0 Å². The van der Waals surface area contributed by atoms with Crippen LogP contribution in [0, 0.1) is 0 Å². The van der Waals surface area contributed by atoms with Gasteiger partial charge in [-0.3, -0.25) is 0 Å². The zero-order valence-electron chi connectivity index (χ0n) is 3.09. The van der Waals surface area contributed by atoms with E-state index in [4.69, 9.17) is 11.6 Å². The Bertz CT molecular complexity index is 6.00. The van der Waals surface area contributed by atoms with Crippen LogP contribution in [0.4, 0.5) is 0 Å². The molecule has 0 aliphatic rings. The Hall–Kier alpha value is 1.93. The zero-order chi connectivity index (χ0) is 2.71. The van der Waals surface area contributed by atoms with Gasteiger partial charge in [-0.15, -0.1) is 11.6 Å². The van der Waals surface area contributed by atoms with Crippen molar-refractivity contribution in [3.05, 3.63) is 0 Å². The molecule has 0 aromatic carbocycles. The SMILES string of the molecule is CCCl.[K]. The molecule has 4 heavy (non-hydrogen) atoms. The summed E-state index contributed by atoms with van der Waals surface area (Å²) in [6.45, 7) is 1.89. The predicted octanol–water partition coefficient (Wildman–Crippen LogP) is 0.864. The number of hydrogen-bond acceptors (Lipinski definition) is 0. The van der Waals surface area contributed by atoms with Gasteiger partial charge in [-0.05, 0) is 0 Å². The third kappa shape index (κ3) is 9.06. The van der Waals surface area contributed by atoms with Crippen molar-refractivity contribution in [2.24, 2.45) is 0 Å². The topological polar surface area (TPSA) is 0 Å². The van der Waals surface area contributed by atoms with Crippen LogP contribution in [0.1, 0.15) is 6.92 Å². The normalized spacial score (nSPS) is 4.50. The van der Waals surface area contributed by atoms with Crippen molar-refractivity contribution in [2.75, 3.05) is 5.88 Å². The molecule has 0 bridgehead atoms. The molecule has 0 aliphatic carbocycles. The molecule has 0 heterocycles. The molecule has 0 aromatic rings. The average Bonchev–Trinajstić information content (AvgIpc) is 0.918. The maximum Gasteiger partial charge on any atom is 0.0195 e. The van der Waals surface area contributed by atoms with Crippen LogP contribution in [-0.2, 0) is 0 Å². The minimum Gasteiger partial charge on any atom is -0.127 e. The van der Waals surface area contributed by atoms with Gasteiger partial charge in [0.05, 0.1) is 0 Å². The molecule has 0 unspecified atom stereocenters. The molecule has 0 amide bonds. The Balaban J connectivity index is 0. The van der Waals surface area contributed by atoms with Gasteiger partial charge in [-0.2, -0.15) is 0 Å². The molecule has 0 nitrogen and oxygen atoms in total. The van der Waals surface area contributed by atoms with Gasteiger partial charge < -0.3 is 0 Å². The van der Waals surface area contributed by atoms with Gasteiger partial charge in [0.2, 0.25) is 0 Å².